The fourth-order valence-electron chi connectivity index (χ4n) is 1.72. The lowest BCUT2D eigenvalue weighted by Gasteiger charge is -2.14. The van der Waals surface area contributed by atoms with Gasteiger partial charge in [0.2, 0.25) is 0 Å². The molecule has 1 aromatic heterocycles. The molecule has 0 aromatic carbocycles. The van der Waals surface area contributed by atoms with Crippen molar-refractivity contribution in [2.24, 2.45) is 0 Å². The van der Waals surface area contributed by atoms with Gasteiger partial charge in [0, 0.05) is 16.3 Å². The van der Waals surface area contributed by atoms with E-state index in [9.17, 15) is 0 Å². The lowest BCUT2D eigenvalue weighted by molar-refractivity contribution is 0.558. The molecule has 98 valence electrons. The van der Waals surface area contributed by atoms with E-state index in [4.69, 9.17) is 4.98 Å². The van der Waals surface area contributed by atoms with Crippen molar-refractivity contribution in [2.45, 2.75) is 65.8 Å². The lowest BCUT2D eigenvalue weighted by Crippen LogP contribution is -2.19. The SMILES string of the molecule is CCCCNC(C)c1sc(C(C)(C)C)nc1C. The van der Waals surface area contributed by atoms with Crippen LogP contribution in [0.4, 0.5) is 0 Å². The van der Waals surface area contributed by atoms with Gasteiger partial charge in [-0.2, -0.15) is 0 Å². The molecule has 1 N–H and O–H groups in total. The van der Waals surface area contributed by atoms with Crippen molar-refractivity contribution in [1.29, 1.82) is 0 Å². The maximum absolute atomic E-state index is 4.71. The second-order valence-corrected chi connectivity index (χ2v) is 6.78. The van der Waals surface area contributed by atoms with E-state index in [-0.39, 0.29) is 5.41 Å². The van der Waals surface area contributed by atoms with Crippen LogP contribution in [0.5, 0.6) is 0 Å². The van der Waals surface area contributed by atoms with Crippen molar-refractivity contribution < 1.29 is 0 Å². The maximum Gasteiger partial charge on any atom is 0.0985 e. The molecule has 3 heteroatoms. The van der Waals surface area contributed by atoms with Crippen LogP contribution < -0.4 is 5.32 Å². The molecular weight excluding hydrogens is 228 g/mol. The molecule has 1 heterocycles. The van der Waals surface area contributed by atoms with Gasteiger partial charge in [-0.3, -0.25) is 0 Å². The highest BCUT2D eigenvalue weighted by molar-refractivity contribution is 7.12. The third-order valence-electron chi connectivity index (χ3n) is 2.85. The number of nitrogens with zero attached hydrogens (tertiary/aromatic N) is 1. The van der Waals surface area contributed by atoms with Gasteiger partial charge in [0.25, 0.3) is 0 Å². The fourth-order valence-corrected chi connectivity index (χ4v) is 2.87. The van der Waals surface area contributed by atoms with Gasteiger partial charge in [0.05, 0.1) is 10.7 Å². The molecule has 0 aliphatic rings. The van der Waals surface area contributed by atoms with E-state index in [0.717, 1.165) is 6.54 Å². The third-order valence-corrected chi connectivity index (χ3v) is 4.61. The summed E-state index contributed by atoms with van der Waals surface area (Å²) < 4.78 is 0. The Balaban J connectivity index is 2.74. The normalized spacial score (nSPS) is 14.0. The Bertz CT molecular complexity index is 350. The average Bonchev–Trinajstić information content (AvgIpc) is 2.60. The van der Waals surface area contributed by atoms with Gasteiger partial charge in [-0.05, 0) is 26.8 Å². The molecule has 17 heavy (non-hydrogen) atoms. The number of hydrogen-bond donors (Lipinski definition) is 1. The van der Waals surface area contributed by atoms with Crippen LogP contribution in [0.15, 0.2) is 0 Å². The summed E-state index contributed by atoms with van der Waals surface area (Å²) in [6.07, 6.45) is 2.49. The van der Waals surface area contributed by atoms with Gasteiger partial charge in [0.15, 0.2) is 0 Å². The predicted octanol–water partition coefficient (Wildman–Crippen LogP) is 4.20. The highest BCUT2D eigenvalue weighted by Crippen LogP contribution is 2.32. The van der Waals surface area contributed by atoms with E-state index in [2.05, 4.69) is 46.9 Å². The molecule has 0 saturated carbocycles. The molecule has 1 atom stereocenters. The topological polar surface area (TPSA) is 24.9 Å². The van der Waals surface area contributed by atoms with E-state index in [0.29, 0.717) is 6.04 Å². The lowest BCUT2D eigenvalue weighted by atomic mass is 9.98. The summed E-state index contributed by atoms with van der Waals surface area (Å²) in [6, 6.07) is 0.426. The van der Waals surface area contributed by atoms with Crippen LogP contribution >= 0.6 is 11.3 Å². The fraction of sp³-hybridized carbons (Fsp3) is 0.786. The second-order valence-electron chi connectivity index (χ2n) is 5.75. The molecule has 0 amide bonds. The van der Waals surface area contributed by atoms with Crippen LogP contribution in [0.1, 0.15) is 69.1 Å². The molecule has 0 bridgehead atoms. The number of aromatic nitrogens is 1. The summed E-state index contributed by atoms with van der Waals surface area (Å²) in [5, 5.41) is 4.82. The molecule has 0 aliphatic heterocycles. The second kappa shape index (κ2) is 5.96. The predicted molar refractivity (Wildman–Crippen MR) is 76.9 cm³/mol. The number of aryl methyl sites for hydroxylation is 1. The van der Waals surface area contributed by atoms with Crippen LogP contribution in [-0.4, -0.2) is 11.5 Å². The van der Waals surface area contributed by atoms with Crippen molar-refractivity contribution in [3.8, 4) is 0 Å². The molecule has 1 aromatic rings. The number of hydrogen-bond acceptors (Lipinski definition) is 3. The Morgan fingerprint density at radius 2 is 2.00 bits per heavy atom. The first-order valence-electron chi connectivity index (χ1n) is 6.57. The van der Waals surface area contributed by atoms with Crippen LogP contribution in [0.25, 0.3) is 0 Å². The molecule has 0 fully saturated rings. The standard InChI is InChI=1S/C14H26N2S/c1-7-8-9-15-10(2)12-11(3)16-13(17-12)14(4,5)6/h10,15H,7-9H2,1-6H3. The van der Waals surface area contributed by atoms with Crippen molar-refractivity contribution in [3.63, 3.8) is 0 Å². The number of thiazole rings is 1. The largest absolute Gasteiger partial charge is 0.309 e. The molecule has 1 rings (SSSR count). The van der Waals surface area contributed by atoms with Crippen LogP contribution in [0, 0.1) is 6.92 Å². The minimum absolute atomic E-state index is 0.164. The minimum Gasteiger partial charge on any atom is -0.309 e. The highest BCUT2D eigenvalue weighted by atomic mass is 32.1. The smallest absolute Gasteiger partial charge is 0.0985 e. The Morgan fingerprint density at radius 3 is 2.47 bits per heavy atom. The average molecular weight is 254 g/mol. The van der Waals surface area contributed by atoms with E-state index in [1.165, 1.54) is 28.4 Å². The first kappa shape index (κ1) is 14.7. The molecular formula is C14H26N2S. The molecule has 0 radical (unpaired) electrons. The summed E-state index contributed by atoms with van der Waals surface area (Å²) >= 11 is 1.86. The van der Waals surface area contributed by atoms with E-state index >= 15 is 0 Å². The van der Waals surface area contributed by atoms with Crippen molar-refractivity contribution in [1.82, 2.24) is 10.3 Å². The van der Waals surface area contributed by atoms with Gasteiger partial charge in [-0.15, -0.1) is 11.3 Å². The zero-order chi connectivity index (χ0) is 13.1. The number of nitrogens with one attached hydrogen (secondary N) is 1. The Morgan fingerprint density at radius 1 is 1.35 bits per heavy atom. The summed E-state index contributed by atoms with van der Waals surface area (Å²) in [5.41, 5.74) is 1.35. The zero-order valence-electron chi connectivity index (χ0n) is 12.1. The van der Waals surface area contributed by atoms with Crippen LogP contribution in [0.2, 0.25) is 0 Å². The Kier molecular flexibility index (Phi) is 5.14. The molecule has 0 spiro atoms. The quantitative estimate of drug-likeness (QED) is 0.797. The first-order valence-corrected chi connectivity index (χ1v) is 7.39. The zero-order valence-corrected chi connectivity index (χ0v) is 12.9. The molecule has 0 saturated heterocycles. The van der Waals surface area contributed by atoms with E-state index in [1.807, 2.05) is 11.3 Å². The van der Waals surface area contributed by atoms with E-state index < -0.39 is 0 Å². The highest BCUT2D eigenvalue weighted by Gasteiger charge is 2.21. The van der Waals surface area contributed by atoms with Gasteiger partial charge in [0.1, 0.15) is 0 Å². The van der Waals surface area contributed by atoms with Crippen LogP contribution in [-0.2, 0) is 5.41 Å². The Labute approximate surface area is 110 Å². The minimum atomic E-state index is 0.164. The van der Waals surface area contributed by atoms with Gasteiger partial charge < -0.3 is 5.32 Å². The van der Waals surface area contributed by atoms with Gasteiger partial charge in [-0.25, -0.2) is 4.98 Å². The summed E-state index contributed by atoms with van der Waals surface area (Å²) in [5.74, 6) is 0. The van der Waals surface area contributed by atoms with Crippen molar-refractivity contribution >= 4 is 11.3 Å². The monoisotopic (exact) mass is 254 g/mol. The summed E-state index contributed by atoms with van der Waals surface area (Å²) in [6.45, 7) is 14.4. The Hall–Kier alpha value is -0.410. The van der Waals surface area contributed by atoms with Crippen LogP contribution in [0.3, 0.4) is 0 Å². The van der Waals surface area contributed by atoms with Gasteiger partial charge >= 0.3 is 0 Å². The molecule has 0 aliphatic carbocycles. The number of unbranched alkanes of at least 4 members (excludes halogenated alkanes) is 1. The van der Waals surface area contributed by atoms with Crippen molar-refractivity contribution in [3.05, 3.63) is 15.6 Å². The maximum atomic E-state index is 4.71. The van der Waals surface area contributed by atoms with Crippen molar-refractivity contribution in [2.75, 3.05) is 6.54 Å². The molecule has 1 unspecified atom stereocenters. The summed E-state index contributed by atoms with van der Waals surface area (Å²) in [7, 11) is 0. The third kappa shape index (κ3) is 4.07. The molecule has 2 nitrogen and oxygen atoms in total. The van der Waals surface area contributed by atoms with Gasteiger partial charge in [-0.1, -0.05) is 34.1 Å². The summed E-state index contributed by atoms with van der Waals surface area (Å²) in [4.78, 5) is 6.10. The first-order chi connectivity index (χ1) is 7.86. The number of rotatable bonds is 5. The van der Waals surface area contributed by atoms with E-state index in [1.54, 1.807) is 0 Å².